The highest BCUT2D eigenvalue weighted by molar-refractivity contribution is 4.71. The Morgan fingerprint density at radius 1 is 0.850 bits per heavy atom. The lowest BCUT2D eigenvalue weighted by molar-refractivity contribution is -0.963. The Kier molecular flexibility index (Phi) is 14.7. The largest absolute Gasteiger partial charge is 0.480 e. The average Bonchev–Trinajstić information content (AvgIpc) is 2.43. The number of nitrogens with zero attached hydrogens (tertiary/aromatic N) is 1. The minimum Gasteiger partial charge on any atom is -0.200 e. The van der Waals surface area contributed by atoms with Gasteiger partial charge in [0.15, 0.2) is 6.26 Å². The lowest BCUT2D eigenvalue weighted by atomic mass is 10.1. The summed E-state index contributed by atoms with van der Waals surface area (Å²) < 4.78 is 0. The fourth-order valence-corrected chi connectivity index (χ4v) is 2.13. The normalized spacial score (nSPS) is 10.8. The van der Waals surface area contributed by atoms with Crippen LogP contribution in [0.3, 0.4) is 0 Å². The first-order valence-corrected chi connectivity index (χ1v) is 7.86. The van der Waals surface area contributed by atoms with Crippen LogP contribution in [0.5, 0.6) is 0 Å². The van der Waals surface area contributed by atoms with Crippen LogP contribution < -0.4 is 0 Å². The predicted molar refractivity (Wildman–Crippen MR) is 81.2 cm³/mol. The van der Waals surface area contributed by atoms with Crippen LogP contribution in [0, 0.1) is 4.91 Å². The molecule has 4 nitrogen and oxygen atoms in total. The first-order valence-electron chi connectivity index (χ1n) is 7.86. The third-order valence-corrected chi connectivity index (χ3v) is 3.28. The van der Waals surface area contributed by atoms with E-state index in [1.165, 1.54) is 64.0 Å². The zero-order valence-corrected chi connectivity index (χ0v) is 12.6. The monoisotopic (exact) mass is 284 g/mol. The van der Waals surface area contributed by atoms with Gasteiger partial charge in [-0.2, -0.15) is 4.84 Å². The summed E-state index contributed by atoms with van der Waals surface area (Å²) in [7, 11) is 0. The highest BCUT2D eigenvalue weighted by atomic mass is 16.9. The number of hydrogen-bond acceptors (Lipinski definition) is 2. The molecular formula is C16H30NO3+. The first kappa shape index (κ1) is 18.7. The van der Waals surface area contributed by atoms with E-state index in [1.807, 2.05) is 6.08 Å². The van der Waals surface area contributed by atoms with Gasteiger partial charge in [-0.1, -0.05) is 57.4 Å². The van der Waals surface area contributed by atoms with Crippen LogP contribution in [-0.2, 0) is 4.84 Å². The SMILES string of the molecule is C=CCCCCCCCCCCCC/C=C/O[N+](=O)O. The fraction of sp³-hybridized carbons (Fsp3) is 0.750. The molecule has 0 spiro atoms. The van der Waals surface area contributed by atoms with Crippen LogP contribution in [0.4, 0.5) is 0 Å². The van der Waals surface area contributed by atoms with E-state index in [0.717, 1.165) is 19.3 Å². The molecule has 0 amide bonds. The molecule has 0 aliphatic carbocycles. The standard InChI is InChI=1S/C16H30NO3/c1-2-3-4-5-6-7-8-9-10-11-12-13-14-15-16-20-17(18)19/h2,15-16H,1,3-14H2,(H,18,19)/q+1/b16-15+. The van der Waals surface area contributed by atoms with Crippen molar-refractivity contribution in [2.45, 2.75) is 77.0 Å². The van der Waals surface area contributed by atoms with Gasteiger partial charge >= 0.3 is 5.09 Å². The second kappa shape index (κ2) is 15.7. The molecular weight excluding hydrogens is 254 g/mol. The summed E-state index contributed by atoms with van der Waals surface area (Å²) in [4.78, 5) is 14.2. The highest BCUT2D eigenvalue weighted by Crippen LogP contribution is 2.12. The van der Waals surface area contributed by atoms with E-state index in [9.17, 15) is 4.91 Å². The van der Waals surface area contributed by atoms with Gasteiger partial charge < -0.3 is 0 Å². The topological polar surface area (TPSA) is 49.5 Å². The molecule has 116 valence electrons. The number of unbranched alkanes of at least 4 members (excludes halogenated alkanes) is 11. The summed E-state index contributed by atoms with van der Waals surface area (Å²) in [5.74, 6) is 0. The number of allylic oxidation sites excluding steroid dienone is 2. The molecule has 0 bridgehead atoms. The van der Waals surface area contributed by atoms with E-state index in [2.05, 4.69) is 11.4 Å². The lowest BCUT2D eigenvalue weighted by Crippen LogP contribution is -1.95. The van der Waals surface area contributed by atoms with Crippen LogP contribution in [0.15, 0.2) is 25.0 Å². The van der Waals surface area contributed by atoms with Gasteiger partial charge in [0.2, 0.25) is 0 Å². The van der Waals surface area contributed by atoms with Gasteiger partial charge in [-0.05, 0) is 31.8 Å². The Bertz CT molecular complexity index is 264. The minimum absolute atomic E-state index is 0.548. The number of rotatable bonds is 15. The van der Waals surface area contributed by atoms with Gasteiger partial charge in [-0.15, -0.1) is 6.58 Å². The van der Waals surface area contributed by atoms with Gasteiger partial charge in [0, 0.05) is 0 Å². The molecule has 0 saturated heterocycles. The van der Waals surface area contributed by atoms with Crippen molar-refractivity contribution in [3.8, 4) is 0 Å². The molecule has 0 aromatic carbocycles. The summed E-state index contributed by atoms with van der Waals surface area (Å²) in [6, 6.07) is 0. The molecule has 4 heteroatoms. The first-order chi connectivity index (χ1) is 9.77. The van der Waals surface area contributed by atoms with E-state index in [4.69, 9.17) is 5.21 Å². The van der Waals surface area contributed by atoms with Crippen LogP contribution in [0.1, 0.15) is 77.0 Å². The zero-order valence-electron chi connectivity index (χ0n) is 12.6. The summed E-state index contributed by atoms with van der Waals surface area (Å²) >= 11 is 0. The summed E-state index contributed by atoms with van der Waals surface area (Å²) in [6.07, 6.45) is 20.0. The second-order valence-electron chi connectivity index (χ2n) is 5.12. The van der Waals surface area contributed by atoms with Gasteiger partial charge in [-0.3, -0.25) is 0 Å². The molecule has 0 aromatic rings. The van der Waals surface area contributed by atoms with E-state index in [0.29, 0.717) is 0 Å². The fourth-order valence-electron chi connectivity index (χ4n) is 2.13. The Morgan fingerprint density at radius 2 is 1.30 bits per heavy atom. The maximum Gasteiger partial charge on any atom is 0.480 e. The van der Waals surface area contributed by atoms with Gasteiger partial charge in [0.05, 0.1) is 0 Å². The van der Waals surface area contributed by atoms with Crippen LogP contribution in [-0.4, -0.2) is 10.3 Å². The van der Waals surface area contributed by atoms with Crippen molar-refractivity contribution in [3.63, 3.8) is 0 Å². The van der Waals surface area contributed by atoms with E-state index in [-0.39, 0.29) is 0 Å². The van der Waals surface area contributed by atoms with Crippen molar-refractivity contribution in [1.82, 2.24) is 0 Å². The molecule has 1 N–H and O–H groups in total. The molecule has 0 unspecified atom stereocenters. The molecule has 0 fully saturated rings. The third-order valence-electron chi connectivity index (χ3n) is 3.28. The molecule has 0 aliphatic heterocycles. The minimum atomic E-state index is -0.548. The maximum absolute atomic E-state index is 9.97. The molecule has 0 rings (SSSR count). The van der Waals surface area contributed by atoms with Crippen molar-refractivity contribution in [2.75, 3.05) is 0 Å². The zero-order chi connectivity index (χ0) is 14.9. The van der Waals surface area contributed by atoms with Crippen LogP contribution >= 0.6 is 0 Å². The molecule has 20 heavy (non-hydrogen) atoms. The van der Waals surface area contributed by atoms with Crippen molar-refractivity contribution in [1.29, 1.82) is 0 Å². The molecule has 0 aromatic heterocycles. The Balaban J connectivity index is 3.04. The lowest BCUT2D eigenvalue weighted by Gasteiger charge is -2.01. The summed E-state index contributed by atoms with van der Waals surface area (Å²) in [5.41, 5.74) is 0. The van der Waals surface area contributed by atoms with Crippen molar-refractivity contribution in [2.24, 2.45) is 0 Å². The summed E-state index contributed by atoms with van der Waals surface area (Å²) in [6.45, 7) is 3.73. The van der Waals surface area contributed by atoms with E-state index >= 15 is 0 Å². The van der Waals surface area contributed by atoms with Gasteiger partial charge in [0.1, 0.15) is 4.91 Å². The Hall–Kier alpha value is -1.32. The molecule has 0 aliphatic rings. The van der Waals surface area contributed by atoms with Gasteiger partial charge in [-0.25, -0.2) is 5.21 Å². The van der Waals surface area contributed by atoms with Crippen molar-refractivity contribution >= 4 is 0 Å². The van der Waals surface area contributed by atoms with Crippen LogP contribution in [0.2, 0.25) is 0 Å². The number of hydrogen-bond donors (Lipinski definition) is 1. The van der Waals surface area contributed by atoms with Crippen LogP contribution in [0.25, 0.3) is 0 Å². The maximum atomic E-state index is 9.97. The third kappa shape index (κ3) is 16.7. The average molecular weight is 284 g/mol. The second-order valence-corrected chi connectivity index (χ2v) is 5.12. The van der Waals surface area contributed by atoms with E-state index < -0.39 is 5.09 Å². The summed E-state index contributed by atoms with van der Waals surface area (Å²) in [5, 5.41) is 7.61. The molecule has 0 heterocycles. The highest BCUT2D eigenvalue weighted by Gasteiger charge is 1.97. The van der Waals surface area contributed by atoms with Gasteiger partial charge in [0.25, 0.3) is 0 Å². The molecule has 0 atom stereocenters. The molecule has 0 saturated carbocycles. The Morgan fingerprint density at radius 3 is 1.75 bits per heavy atom. The Labute approximate surface area is 123 Å². The van der Waals surface area contributed by atoms with E-state index in [1.54, 1.807) is 6.08 Å². The molecule has 0 radical (unpaired) electrons. The quantitative estimate of drug-likeness (QED) is 0.188. The predicted octanol–water partition coefficient (Wildman–Crippen LogP) is 5.47. The smallest absolute Gasteiger partial charge is 0.200 e. The van der Waals surface area contributed by atoms with Crippen molar-refractivity contribution < 1.29 is 15.1 Å². The van der Waals surface area contributed by atoms with Crippen molar-refractivity contribution in [3.05, 3.63) is 29.9 Å².